The minimum atomic E-state index is -3.72. The zero-order valence-corrected chi connectivity index (χ0v) is 12.9. The van der Waals surface area contributed by atoms with E-state index in [4.69, 9.17) is 10.8 Å². The van der Waals surface area contributed by atoms with Crippen molar-refractivity contribution < 1.29 is 17.9 Å². The Balaban J connectivity index is 2.37. The van der Waals surface area contributed by atoms with E-state index in [1.807, 2.05) is 0 Å². The molecule has 0 amide bonds. The summed E-state index contributed by atoms with van der Waals surface area (Å²) in [5.74, 6) is -0.584. The second-order valence-corrected chi connectivity index (χ2v) is 7.31. The molecule has 3 N–H and O–H groups in total. The normalized spacial score (nSPS) is 16.2. The minimum absolute atomic E-state index is 0.0174. The van der Waals surface area contributed by atoms with E-state index in [9.17, 15) is 12.8 Å². The van der Waals surface area contributed by atoms with Crippen LogP contribution in [0.15, 0.2) is 17.0 Å². The molecule has 0 atom stereocenters. The molecule has 0 unspecified atom stereocenters. The number of nitrogens with two attached hydrogens (primary N) is 1. The number of anilines is 1. The average molecular weight is 316 g/mol. The summed E-state index contributed by atoms with van der Waals surface area (Å²) < 4.78 is 40.5. The molecule has 21 heavy (non-hydrogen) atoms. The summed E-state index contributed by atoms with van der Waals surface area (Å²) in [7, 11) is -3.72. The van der Waals surface area contributed by atoms with Crippen LogP contribution in [0.2, 0.25) is 0 Å². The first-order valence-electron chi connectivity index (χ1n) is 7.06. The smallest absolute Gasteiger partial charge is 0.243 e. The predicted octanol–water partition coefficient (Wildman–Crippen LogP) is 1.64. The van der Waals surface area contributed by atoms with Gasteiger partial charge in [-0.2, -0.15) is 4.31 Å². The van der Waals surface area contributed by atoms with Crippen LogP contribution in [0, 0.1) is 12.7 Å². The van der Waals surface area contributed by atoms with Gasteiger partial charge in [0.1, 0.15) is 5.82 Å². The van der Waals surface area contributed by atoms with Crippen LogP contribution < -0.4 is 5.73 Å². The monoisotopic (exact) mass is 316 g/mol. The van der Waals surface area contributed by atoms with Gasteiger partial charge in [0.2, 0.25) is 10.0 Å². The molecule has 2 rings (SSSR count). The van der Waals surface area contributed by atoms with Gasteiger partial charge in [-0.25, -0.2) is 12.8 Å². The quantitative estimate of drug-likeness (QED) is 0.782. The van der Waals surface area contributed by atoms with E-state index in [0.717, 1.165) is 19.3 Å². The standard InChI is InChI=1S/C14H21FN2O3S/c1-10-8-12(9-13(16)14(10)15)21(19,20)17(6-3-7-18)11-4-2-5-11/h8-9,11,18H,2-7,16H2,1H3. The van der Waals surface area contributed by atoms with E-state index in [2.05, 4.69) is 0 Å². The summed E-state index contributed by atoms with van der Waals surface area (Å²) in [5.41, 5.74) is 5.59. The van der Waals surface area contributed by atoms with E-state index >= 15 is 0 Å². The van der Waals surface area contributed by atoms with Gasteiger partial charge in [0.25, 0.3) is 0 Å². The molecule has 0 spiro atoms. The fraction of sp³-hybridized carbons (Fsp3) is 0.571. The third-order valence-electron chi connectivity index (χ3n) is 3.88. The molecule has 7 heteroatoms. The molecule has 1 saturated carbocycles. The van der Waals surface area contributed by atoms with E-state index in [1.165, 1.54) is 23.4 Å². The van der Waals surface area contributed by atoms with Crippen LogP contribution in [-0.2, 0) is 10.0 Å². The maximum absolute atomic E-state index is 13.6. The van der Waals surface area contributed by atoms with Gasteiger partial charge in [-0.15, -0.1) is 0 Å². The number of hydrogen-bond donors (Lipinski definition) is 2. The highest BCUT2D eigenvalue weighted by atomic mass is 32.2. The Morgan fingerprint density at radius 2 is 2.10 bits per heavy atom. The van der Waals surface area contributed by atoms with E-state index in [0.29, 0.717) is 6.42 Å². The largest absolute Gasteiger partial charge is 0.396 e. The SMILES string of the molecule is Cc1cc(S(=O)(=O)N(CCCO)C2CCC2)cc(N)c1F. The second-order valence-electron chi connectivity index (χ2n) is 5.42. The van der Waals surface area contributed by atoms with Crippen molar-refractivity contribution in [1.82, 2.24) is 4.31 Å². The Kier molecular flexibility index (Phi) is 4.85. The van der Waals surface area contributed by atoms with Crippen LogP contribution >= 0.6 is 0 Å². The second kappa shape index (κ2) is 6.29. The Bertz CT molecular complexity index is 592. The van der Waals surface area contributed by atoms with Crippen LogP contribution in [0.5, 0.6) is 0 Å². The first kappa shape index (κ1) is 16.2. The first-order valence-corrected chi connectivity index (χ1v) is 8.50. The van der Waals surface area contributed by atoms with Crippen molar-refractivity contribution in [2.24, 2.45) is 0 Å². The van der Waals surface area contributed by atoms with Crippen LogP contribution in [0.3, 0.4) is 0 Å². The van der Waals surface area contributed by atoms with Crippen molar-refractivity contribution in [3.8, 4) is 0 Å². The average Bonchev–Trinajstić information content (AvgIpc) is 2.37. The Hall–Kier alpha value is -1.18. The number of aliphatic hydroxyl groups excluding tert-OH is 1. The zero-order valence-electron chi connectivity index (χ0n) is 12.0. The van der Waals surface area contributed by atoms with Gasteiger partial charge in [0.05, 0.1) is 10.6 Å². The molecule has 1 aliphatic carbocycles. The Morgan fingerprint density at radius 1 is 1.43 bits per heavy atom. The molecule has 5 nitrogen and oxygen atoms in total. The number of halogens is 1. The van der Waals surface area contributed by atoms with Crippen LogP contribution in [0.1, 0.15) is 31.2 Å². The Labute approximate surface area is 124 Å². The van der Waals surface area contributed by atoms with Gasteiger partial charge in [-0.3, -0.25) is 0 Å². The number of sulfonamides is 1. The number of aryl methyl sites for hydroxylation is 1. The number of rotatable bonds is 6. The number of benzene rings is 1. The molecule has 1 fully saturated rings. The molecular formula is C14H21FN2O3S. The highest BCUT2D eigenvalue weighted by Gasteiger charge is 2.34. The lowest BCUT2D eigenvalue weighted by Gasteiger charge is -2.36. The molecule has 0 bridgehead atoms. The van der Waals surface area contributed by atoms with Crippen molar-refractivity contribution in [1.29, 1.82) is 0 Å². The summed E-state index contributed by atoms with van der Waals surface area (Å²) in [4.78, 5) is 0.0174. The maximum atomic E-state index is 13.6. The highest BCUT2D eigenvalue weighted by Crippen LogP contribution is 2.31. The number of nitrogens with zero attached hydrogens (tertiary/aromatic N) is 1. The topological polar surface area (TPSA) is 83.6 Å². The molecule has 1 aliphatic rings. The van der Waals surface area contributed by atoms with Gasteiger partial charge < -0.3 is 10.8 Å². The summed E-state index contributed by atoms with van der Waals surface area (Å²) in [6, 6.07) is 2.45. The summed E-state index contributed by atoms with van der Waals surface area (Å²) in [6.45, 7) is 1.69. The number of hydrogen-bond acceptors (Lipinski definition) is 4. The van der Waals surface area contributed by atoms with Gasteiger partial charge in [-0.05, 0) is 43.9 Å². The third-order valence-corrected chi connectivity index (χ3v) is 5.81. The van der Waals surface area contributed by atoms with Crippen molar-refractivity contribution in [3.05, 3.63) is 23.5 Å². The molecule has 0 aromatic heterocycles. The van der Waals surface area contributed by atoms with Crippen LogP contribution in [0.4, 0.5) is 10.1 Å². The number of aliphatic hydroxyl groups is 1. The maximum Gasteiger partial charge on any atom is 0.243 e. The first-order chi connectivity index (χ1) is 9.87. The molecule has 1 aromatic carbocycles. The minimum Gasteiger partial charge on any atom is -0.396 e. The lowest BCUT2D eigenvalue weighted by atomic mass is 9.93. The molecule has 1 aromatic rings. The molecular weight excluding hydrogens is 295 g/mol. The highest BCUT2D eigenvalue weighted by molar-refractivity contribution is 7.89. The lowest BCUT2D eigenvalue weighted by molar-refractivity contribution is 0.198. The van der Waals surface area contributed by atoms with Crippen molar-refractivity contribution in [3.63, 3.8) is 0 Å². The predicted molar refractivity (Wildman–Crippen MR) is 78.8 cm³/mol. The number of nitrogen functional groups attached to an aromatic ring is 1. The molecule has 0 radical (unpaired) electrons. The molecule has 118 valence electrons. The van der Waals surface area contributed by atoms with Crippen molar-refractivity contribution in [2.45, 2.75) is 43.5 Å². The summed E-state index contributed by atoms with van der Waals surface area (Å²) >= 11 is 0. The van der Waals surface area contributed by atoms with E-state index < -0.39 is 15.8 Å². The Morgan fingerprint density at radius 3 is 2.57 bits per heavy atom. The zero-order chi connectivity index (χ0) is 15.6. The summed E-state index contributed by atoms with van der Waals surface area (Å²) in [5, 5.41) is 8.96. The van der Waals surface area contributed by atoms with Crippen LogP contribution in [0.25, 0.3) is 0 Å². The van der Waals surface area contributed by atoms with Gasteiger partial charge in [0.15, 0.2) is 0 Å². The van der Waals surface area contributed by atoms with Gasteiger partial charge >= 0.3 is 0 Å². The molecule has 0 saturated heterocycles. The molecule has 0 aliphatic heterocycles. The van der Waals surface area contributed by atoms with Gasteiger partial charge in [-0.1, -0.05) is 6.42 Å². The summed E-state index contributed by atoms with van der Waals surface area (Å²) in [6.07, 6.45) is 3.02. The fourth-order valence-electron chi connectivity index (χ4n) is 2.45. The van der Waals surface area contributed by atoms with Crippen LogP contribution in [-0.4, -0.2) is 37.0 Å². The van der Waals surface area contributed by atoms with E-state index in [1.54, 1.807) is 0 Å². The fourth-order valence-corrected chi connectivity index (χ4v) is 4.29. The molecule has 0 heterocycles. The third kappa shape index (κ3) is 3.20. The van der Waals surface area contributed by atoms with E-state index in [-0.39, 0.29) is 35.3 Å². The van der Waals surface area contributed by atoms with Gasteiger partial charge in [0, 0.05) is 19.2 Å². The lowest BCUT2D eigenvalue weighted by Crippen LogP contribution is -2.44. The van der Waals surface area contributed by atoms with Crippen molar-refractivity contribution >= 4 is 15.7 Å². The van der Waals surface area contributed by atoms with Crippen molar-refractivity contribution in [2.75, 3.05) is 18.9 Å².